The number of anilines is 1. The minimum Gasteiger partial charge on any atom is -0.458 e. The van der Waals surface area contributed by atoms with Crippen LogP contribution < -0.4 is 9.64 Å². The fourth-order valence-electron chi connectivity index (χ4n) is 2.49. The Hall–Kier alpha value is -2.28. The maximum atomic E-state index is 5.86. The summed E-state index contributed by atoms with van der Waals surface area (Å²) in [6.07, 6.45) is 8.21. The lowest BCUT2D eigenvalue weighted by atomic mass is 10.3. The van der Waals surface area contributed by atoms with Crippen LogP contribution in [0.15, 0.2) is 30.9 Å². The van der Waals surface area contributed by atoms with Crippen molar-refractivity contribution in [2.75, 3.05) is 18.0 Å². The lowest BCUT2D eigenvalue weighted by Gasteiger charge is -2.15. The van der Waals surface area contributed by atoms with Crippen LogP contribution in [0, 0.1) is 6.92 Å². The van der Waals surface area contributed by atoms with Crippen LogP contribution in [0.1, 0.15) is 12.0 Å². The van der Waals surface area contributed by atoms with Gasteiger partial charge in [0.15, 0.2) is 5.13 Å². The molecule has 0 radical (unpaired) electrons. The molecule has 0 N–H and O–H groups in total. The van der Waals surface area contributed by atoms with E-state index in [1.54, 1.807) is 36.1 Å². The van der Waals surface area contributed by atoms with Crippen molar-refractivity contribution in [1.29, 1.82) is 0 Å². The highest BCUT2D eigenvalue weighted by atomic mass is 32.1. The van der Waals surface area contributed by atoms with Crippen LogP contribution in [0.3, 0.4) is 0 Å². The molecule has 4 rings (SSSR count). The predicted molar refractivity (Wildman–Crippen MR) is 85.4 cm³/mol. The second-order valence-electron chi connectivity index (χ2n) is 5.36. The van der Waals surface area contributed by atoms with Gasteiger partial charge in [0.2, 0.25) is 0 Å². The SMILES string of the molecule is Cc1cnc(OC2CCN(c3nc4cnccc4s3)C2)nc1. The molecular weight excluding hydrogens is 298 g/mol. The molecule has 1 unspecified atom stereocenters. The van der Waals surface area contributed by atoms with Gasteiger partial charge in [-0.15, -0.1) is 0 Å². The Morgan fingerprint density at radius 3 is 2.95 bits per heavy atom. The Bertz CT molecular complexity index is 755. The second-order valence-corrected chi connectivity index (χ2v) is 6.37. The minimum atomic E-state index is 0.104. The highest BCUT2D eigenvalue weighted by Gasteiger charge is 2.26. The highest BCUT2D eigenvalue weighted by molar-refractivity contribution is 7.22. The van der Waals surface area contributed by atoms with Crippen molar-refractivity contribution < 1.29 is 4.74 Å². The molecule has 22 heavy (non-hydrogen) atoms. The maximum Gasteiger partial charge on any atom is 0.316 e. The largest absolute Gasteiger partial charge is 0.458 e. The third-order valence-corrected chi connectivity index (χ3v) is 4.72. The van der Waals surface area contributed by atoms with Crippen molar-refractivity contribution in [3.05, 3.63) is 36.4 Å². The van der Waals surface area contributed by atoms with Crippen molar-refractivity contribution in [2.45, 2.75) is 19.4 Å². The Balaban J connectivity index is 1.46. The van der Waals surface area contributed by atoms with Gasteiger partial charge in [0.05, 0.1) is 17.4 Å². The summed E-state index contributed by atoms with van der Waals surface area (Å²) in [5, 5.41) is 1.03. The number of hydrogen-bond acceptors (Lipinski definition) is 7. The van der Waals surface area contributed by atoms with Crippen LogP contribution in [0.5, 0.6) is 6.01 Å². The third kappa shape index (κ3) is 2.59. The van der Waals surface area contributed by atoms with Crippen LogP contribution in [0.4, 0.5) is 5.13 Å². The Morgan fingerprint density at radius 2 is 2.14 bits per heavy atom. The fourth-order valence-corrected chi connectivity index (χ4v) is 3.46. The summed E-state index contributed by atoms with van der Waals surface area (Å²) >= 11 is 1.69. The molecule has 112 valence electrons. The molecule has 6 nitrogen and oxygen atoms in total. The first-order valence-electron chi connectivity index (χ1n) is 7.19. The van der Waals surface area contributed by atoms with E-state index >= 15 is 0 Å². The maximum absolute atomic E-state index is 5.86. The Kier molecular flexibility index (Phi) is 3.34. The summed E-state index contributed by atoms with van der Waals surface area (Å²) in [6.45, 7) is 3.71. The summed E-state index contributed by atoms with van der Waals surface area (Å²) in [5.41, 5.74) is 1.98. The Labute approximate surface area is 131 Å². The van der Waals surface area contributed by atoms with Gasteiger partial charge in [-0.1, -0.05) is 11.3 Å². The molecule has 7 heteroatoms. The lowest BCUT2D eigenvalue weighted by Crippen LogP contribution is -2.24. The topological polar surface area (TPSA) is 64.0 Å². The molecule has 0 spiro atoms. The molecule has 0 bridgehead atoms. The number of ether oxygens (including phenoxy) is 1. The zero-order valence-corrected chi connectivity index (χ0v) is 13.0. The van der Waals surface area contributed by atoms with Gasteiger partial charge in [0.25, 0.3) is 0 Å². The van der Waals surface area contributed by atoms with Crippen LogP contribution in [0.2, 0.25) is 0 Å². The molecule has 1 atom stereocenters. The number of thiazole rings is 1. The van der Waals surface area contributed by atoms with Gasteiger partial charge in [0, 0.05) is 31.6 Å². The predicted octanol–water partition coefficient (Wildman–Crippen LogP) is 2.45. The molecule has 1 aliphatic rings. The molecule has 1 fully saturated rings. The van der Waals surface area contributed by atoms with Crippen molar-refractivity contribution in [1.82, 2.24) is 19.9 Å². The van der Waals surface area contributed by atoms with Crippen molar-refractivity contribution >= 4 is 26.7 Å². The van der Waals surface area contributed by atoms with Crippen LogP contribution in [0.25, 0.3) is 10.2 Å². The number of hydrogen-bond donors (Lipinski definition) is 0. The summed E-state index contributed by atoms with van der Waals surface area (Å²) < 4.78 is 7.02. The Morgan fingerprint density at radius 1 is 1.27 bits per heavy atom. The van der Waals surface area contributed by atoms with Gasteiger partial charge in [0.1, 0.15) is 11.6 Å². The molecule has 0 amide bonds. The van der Waals surface area contributed by atoms with E-state index in [0.29, 0.717) is 6.01 Å². The number of nitrogens with zero attached hydrogens (tertiary/aromatic N) is 5. The third-order valence-electron chi connectivity index (χ3n) is 3.62. The van der Waals surface area contributed by atoms with E-state index in [4.69, 9.17) is 4.74 Å². The fraction of sp³-hybridized carbons (Fsp3) is 0.333. The van der Waals surface area contributed by atoms with Gasteiger partial charge in [-0.3, -0.25) is 4.98 Å². The van der Waals surface area contributed by atoms with Crippen LogP contribution in [-0.4, -0.2) is 39.1 Å². The molecular formula is C15H15N5OS. The van der Waals surface area contributed by atoms with Gasteiger partial charge < -0.3 is 9.64 Å². The quantitative estimate of drug-likeness (QED) is 0.740. The average Bonchev–Trinajstić information content (AvgIpc) is 3.15. The van der Waals surface area contributed by atoms with E-state index in [-0.39, 0.29) is 6.10 Å². The molecule has 3 aromatic heterocycles. The summed E-state index contributed by atoms with van der Waals surface area (Å²) in [6, 6.07) is 2.45. The van der Waals surface area contributed by atoms with E-state index in [9.17, 15) is 0 Å². The molecule has 0 saturated carbocycles. The zero-order chi connectivity index (χ0) is 14.9. The van der Waals surface area contributed by atoms with E-state index in [2.05, 4.69) is 24.8 Å². The number of aromatic nitrogens is 4. The first-order chi connectivity index (χ1) is 10.8. The van der Waals surface area contributed by atoms with E-state index in [1.165, 1.54) is 0 Å². The lowest BCUT2D eigenvalue weighted by molar-refractivity contribution is 0.206. The minimum absolute atomic E-state index is 0.104. The number of pyridine rings is 1. The molecule has 4 heterocycles. The monoisotopic (exact) mass is 313 g/mol. The van der Waals surface area contributed by atoms with Gasteiger partial charge >= 0.3 is 6.01 Å². The normalized spacial score (nSPS) is 18.0. The number of fused-ring (bicyclic) bond motifs is 1. The molecule has 1 aliphatic heterocycles. The van der Waals surface area contributed by atoms with Crippen LogP contribution in [-0.2, 0) is 0 Å². The smallest absolute Gasteiger partial charge is 0.316 e. The first-order valence-corrected chi connectivity index (χ1v) is 8.00. The molecule has 0 aliphatic carbocycles. The summed E-state index contributed by atoms with van der Waals surface area (Å²) in [5.74, 6) is 0. The molecule has 3 aromatic rings. The van der Waals surface area contributed by atoms with Crippen molar-refractivity contribution in [3.63, 3.8) is 0 Å². The molecule has 0 aromatic carbocycles. The van der Waals surface area contributed by atoms with Crippen molar-refractivity contribution in [2.24, 2.45) is 0 Å². The zero-order valence-electron chi connectivity index (χ0n) is 12.1. The van der Waals surface area contributed by atoms with E-state index in [0.717, 1.165) is 40.4 Å². The average molecular weight is 313 g/mol. The van der Waals surface area contributed by atoms with Crippen molar-refractivity contribution in [3.8, 4) is 6.01 Å². The van der Waals surface area contributed by atoms with E-state index in [1.807, 2.05) is 13.0 Å². The highest BCUT2D eigenvalue weighted by Crippen LogP contribution is 2.30. The first kappa shape index (κ1) is 13.4. The van der Waals surface area contributed by atoms with Crippen LogP contribution >= 0.6 is 11.3 Å². The van der Waals surface area contributed by atoms with Gasteiger partial charge in [-0.25, -0.2) is 15.0 Å². The van der Waals surface area contributed by atoms with E-state index < -0.39 is 0 Å². The summed E-state index contributed by atoms with van der Waals surface area (Å²) in [7, 11) is 0. The summed E-state index contributed by atoms with van der Waals surface area (Å²) in [4.78, 5) is 19.4. The standard InChI is InChI=1S/C15H15N5OS/c1-10-6-17-14(18-7-10)21-11-3-5-20(9-11)15-19-12-8-16-4-2-13(12)22-15/h2,4,6-8,11H,3,5,9H2,1H3. The number of aryl methyl sites for hydroxylation is 1. The van der Waals surface area contributed by atoms with Gasteiger partial charge in [-0.05, 0) is 18.6 Å². The molecule has 1 saturated heterocycles. The number of rotatable bonds is 3. The second kappa shape index (κ2) is 5.49. The van der Waals surface area contributed by atoms with Gasteiger partial charge in [-0.2, -0.15) is 0 Å².